The fraction of sp³-hybridized carbons (Fsp3) is 0.320. The minimum atomic E-state index is 0.0156. The zero-order chi connectivity index (χ0) is 21.8. The van der Waals surface area contributed by atoms with Crippen LogP contribution in [-0.4, -0.2) is 21.4 Å². The molecule has 3 aromatic rings. The van der Waals surface area contributed by atoms with Crippen molar-refractivity contribution >= 4 is 45.0 Å². The molecule has 0 spiro atoms. The van der Waals surface area contributed by atoms with E-state index in [1.54, 1.807) is 18.2 Å². The van der Waals surface area contributed by atoms with E-state index in [1.807, 2.05) is 4.90 Å². The Kier molecular flexibility index (Phi) is 7.42. The SMILES string of the molecule is O=C(c1ccc(Cl)c(Cl)c1)N(Cc1cccn1Cc1ccc(Br)cc1)C1CCCCC1. The lowest BCUT2D eigenvalue weighted by Crippen LogP contribution is -2.41. The predicted octanol–water partition coefficient (Wildman–Crippen LogP) is 7.58. The first kappa shape index (κ1) is 22.4. The third kappa shape index (κ3) is 5.54. The monoisotopic (exact) mass is 518 g/mol. The van der Waals surface area contributed by atoms with Crippen molar-refractivity contribution in [3.05, 3.63) is 92.1 Å². The van der Waals surface area contributed by atoms with Gasteiger partial charge < -0.3 is 9.47 Å². The van der Waals surface area contributed by atoms with E-state index in [0.29, 0.717) is 22.2 Å². The zero-order valence-electron chi connectivity index (χ0n) is 17.2. The third-order valence-corrected chi connectivity index (χ3v) is 7.23. The first-order chi connectivity index (χ1) is 15.0. The predicted molar refractivity (Wildman–Crippen MR) is 131 cm³/mol. The van der Waals surface area contributed by atoms with E-state index < -0.39 is 0 Å². The van der Waals surface area contributed by atoms with Crippen molar-refractivity contribution in [1.29, 1.82) is 0 Å². The highest BCUT2D eigenvalue weighted by atomic mass is 79.9. The van der Waals surface area contributed by atoms with Crippen LogP contribution in [0.15, 0.2) is 65.3 Å². The highest BCUT2D eigenvalue weighted by Gasteiger charge is 2.27. The molecule has 4 rings (SSSR count). The number of amides is 1. The van der Waals surface area contributed by atoms with Gasteiger partial charge in [0.15, 0.2) is 0 Å². The second-order valence-electron chi connectivity index (χ2n) is 8.11. The molecule has 0 N–H and O–H groups in total. The Bertz CT molecular complexity index is 1040. The molecule has 1 heterocycles. The largest absolute Gasteiger partial charge is 0.345 e. The molecule has 0 radical (unpaired) electrons. The highest BCUT2D eigenvalue weighted by molar-refractivity contribution is 9.10. The Morgan fingerprint density at radius 2 is 1.74 bits per heavy atom. The summed E-state index contributed by atoms with van der Waals surface area (Å²) in [5.74, 6) is 0.0156. The fourth-order valence-corrected chi connectivity index (χ4v) is 4.83. The Hall–Kier alpha value is -1.75. The molecule has 6 heteroatoms. The Morgan fingerprint density at radius 1 is 1.00 bits per heavy atom. The summed E-state index contributed by atoms with van der Waals surface area (Å²) in [7, 11) is 0. The van der Waals surface area contributed by atoms with Gasteiger partial charge in [-0.25, -0.2) is 0 Å². The van der Waals surface area contributed by atoms with E-state index >= 15 is 0 Å². The summed E-state index contributed by atoms with van der Waals surface area (Å²) in [4.78, 5) is 15.6. The van der Waals surface area contributed by atoms with Crippen LogP contribution >= 0.6 is 39.1 Å². The number of benzene rings is 2. The fourth-order valence-electron chi connectivity index (χ4n) is 4.26. The van der Waals surface area contributed by atoms with Gasteiger partial charge in [-0.05, 0) is 60.9 Å². The van der Waals surface area contributed by atoms with Crippen LogP contribution in [0.3, 0.4) is 0 Å². The third-order valence-electron chi connectivity index (χ3n) is 5.96. The molecule has 31 heavy (non-hydrogen) atoms. The maximum Gasteiger partial charge on any atom is 0.254 e. The van der Waals surface area contributed by atoms with Gasteiger partial charge >= 0.3 is 0 Å². The molecule has 1 amide bonds. The number of halogens is 3. The van der Waals surface area contributed by atoms with Crippen molar-refractivity contribution in [2.75, 3.05) is 0 Å². The molecule has 1 aromatic heterocycles. The van der Waals surface area contributed by atoms with Gasteiger partial charge in [-0.2, -0.15) is 0 Å². The molecular weight excluding hydrogens is 495 g/mol. The van der Waals surface area contributed by atoms with Crippen LogP contribution in [-0.2, 0) is 13.1 Å². The molecule has 1 saturated carbocycles. The lowest BCUT2D eigenvalue weighted by Gasteiger charge is -2.35. The zero-order valence-corrected chi connectivity index (χ0v) is 20.3. The van der Waals surface area contributed by atoms with Gasteiger partial charge in [-0.1, -0.05) is 70.5 Å². The molecule has 0 aliphatic heterocycles. The van der Waals surface area contributed by atoms with Crippen LogP contribution in [0.4, 0.5) is 0 Å². The Balaban J connectivity index is 1.59. The second kappa shape index (κ2) is 10.2. The number of hydrogen-bond acceptors (Lipinski definition) is 1. The normalized spacial score (nSPS) is 14.5. The van der Waals surface area contributed by atoms with Gasteiger partial charge in [0, 0.05) is 34.5 Å². The van der Waals surface area contributed by atoms with Crippen LogP contribution < -0.4 is 0 Å². The van der Waals surface area contributed by atoms with Crippen molar-refractivity contribution in [2.24, 2.45) is 0 Å². The lowest BCUT2D eigenvalue weighted by atomic mass is 9.93. The summed E-state index contributed by atoms with van der Waals surface area (Å²) in [6.45, 7) is 1.35. The maximum atomic E-state index is 13.6. The number of rotatable bonds is 6. The van der Waals surface area contributed by atoms with Crippen molar-refractivity contribution < 1.29 is 4.79 Å². The van der Waals surface area contributed by atoms with E-state index in [4.69, 9.17) is 23.2 Å². The quantitative estimate of drug-likeness (QED) is 0.329. The highest BCUT2D eigenvalue weighted by Crippen LogP contribution is 2.28. The van der Waals surface area contributed by atoms with Gasteiger partial charge in [0.1, 0.15) is 0 Å². The molecule has 0 atom stereocenters. The van der Waals surface area contributed by atoms with E-state index in [-0.39, 0.29) is 11.9 Å². The van der Waals surface area contributed by atoms with Gasteiger partial charge in [-0.15, -0.1) is 0 Å². The summed E-state index contributed by atoms with van der Waals surface area (Å²) in [6.07, 6.45) is 7.73. The van der Waals surface area contributed by atoms with Crippen molar-refractivity contribution in [3.63, 3.8) is 0 Å². The maximum absolute atomic E-state index is 13.6. The smallest absolute Gasteiger partial charge is 0.254 e. The van der Waals surface area contributed by atoms with Gasteiger partial charge in [-0.3, -0.25) is 4.79 Å². The summed E-state index contributed by atoms with van der Waals surface area (Å²) in [5.41, 5.74) is 2.94. The number of aromatic nitrogens is 1. The number of carbonyl (C=O) groups is 1. The minimum Gasteiger partial charge on any atom is -0.345 e. The molecule has 0 bridgehead atoms. The average Bonchev–Trinajstić information content (AvgIpc) is 3.22. The van der Waals surface area contributed by atoms with E-state index in [2.05, 4.69) is 63.1 Å². The number of hydrogen-bond donors (Lipinski definition) is 0. The summed E-state index contributed by atoms with van der Waals surface area (Å²) in [5, 5.41) is 0.875. The van der Waals surface area contributed by atoms with Gasteiger partial charge in [0.2, 0.25) is 0 Å². The molecule has 1 aliphatic carbocycles. The van der Waals surface area contributed by atoms with Crippen LogP contribution in [0.1, 0.15) is 53.7 Å². The van der Waals surface area contributed by atoms with E-state index in [0.717, 1.165) is 42.4 Å². The van der Waals surface area contributed by atoms with E-state index in [1.165, 1.54) is 12.0 Å². The number of carbonyl (C=O) groups excluding carboxylic acids is 1. The molecule has 0 saturated heterocycles. The Morgan fingerprint density at radius 3 is 2.45 bits per heavy atom. The second-order valence-corrected chi connectivity index (χ2v) is 9.84. The summed E-state index contributed by atoms with van der Waals surface area (Å²) < 4.78 is 3.29. The number of nitrogens with zero attached hydrogens (tertiary/aromatic N) is 2. The molecular formula is C25H25BrCl2N2O. The van der Waals surface area contributed by atoms with Gasteiger partial charge in [0.25, 0.3) is 5.91 Å². The molecule has 1 aliphatic rings. The first-order valence-electron chi connectivity index (χ1n) is 10.7. The van der Waals surface area contributed by atoms with E-state index in [9.17, 15) is 4.79 Å². The van der Waals surface area contributed by atoms with Crippen molar-refractivity contribution in [3.8, 4) is 0 Å². The molecule has 2 aromatic carbocycles. The van der Waals surface area contributed by atoms with Crippen molar-refractivity contribution in [1.82, 2.24) is 9.47 Å². The van der Waals surface area contributed by atoms with Gasteiger partial charge in [0.05, 0.1) is 16.6 Å². The van der Waals surface area contributed by atoms with Crippen LogP contribution in [0.2, 0.25) is 10.0 Å². The molecule has 162 valence electrons. The topological polar surface area (TPSA) is 25.2 Å². The minimum absolute atomic E-state index is 0.0156. The van der Waals surface area contributed by atoms with Crippen LogP contribution in [0, 0.1) is 0 Å². The van der Waals surface area contributed by atoms with Crippen LogP contribution in [0.5, 0.6) is 0 Å². The summed E-state index contributed by atoms with van der Waals surface area (Å²) >= 11 is 15.8. The molecule has 0 unspecified atom stereocenters. The molecule has 3 nitrogen and oxygen atoms in total. The lowest BCUT2D eigenvalue weighted by molar-refractivity contribution is 0.0608. The standard InChI is InChI=1S/C25H25BrCl2N2O/c26-20-11-8-18(9-12-20)16-29-14-4-7-22(29)17-30(21-5-2-1-3-6-21)25(31)19-10-13-23(27)24(28)15-19/h4,7-15,21H,1-3,5-6,16-17H2. The average molecular weight is 520 g/mol. The molecule has 1 fully saturated rings. The first-order valence-corrected chi connectivity index (χ1v) is 12.2. The van der Waals surface area contributed by atoms with Crippen LogP contribution in [0.25, 0.3) is 0 Å². The Labute approximate surface area is 202 Å². The summed E-state index contributed by atoms with van der Waals surface area (Å²) in [6, 6.07) is 17.9. The van der Waals surface area contributed by atoms with Crippen molar-refractivity contribution in [2.45, 2.75) is 51.2 Å².